The Kier molecular flexibility index (Phi) is 5.89. The van der Waals surface area contributed by atoms with Gasteiger partial charge in [-0.15, -0.1) is 0 Å². The van der Waals surface area contributed by atoms with Crippen LogP contribution in [-0.4, -0.2) is 19.5 Å². The van der Waals surface area contributed by atoms with Crippen LogP contribution in [0.1, 0.15) is 37.7 Å². The van der Waals surface area contributed by atoms with E-state index in [1.165, 1.54) is 0 Å². The van der Waals surface area contributed by atoms with E-state index in [1.54, 1.807) is 23.7 Å². The van der Waals surface area contributed by atoms with Crippen LogP contribution in [0.3, 0.4) is 0 Å². The Balaban J connectivity index is 0.00000132. The quantitative estimate of drug-likeness (QED) is 0.447. The number of H-pyrrole nitrogens is 2. The number of fused-ring (bicyclic) bond motifs is 1. The molecule has 2 aromatic carbocycles. The summed E-state index contributed by atoms with van der Waals surface area (Å²) < 4.78 is 9.05. The maximum Gasteiger partial charge on any atom is 0.327 e. The van der Waals surface area contributed by atoms with Crippen molar-refractivity contribution in [1.82, 2.24) is 19.5 Å². The monoisotopic (exact) mass is 398 g/mol. The molecule has 0 aliphatic heterocycles. The van der Waals surface area contributed by atoms with Gasteiger partial charge >= 0.3 is 5.69 Å². The molecule has 0 aliphatic rings. The van der Waals surface area contributed by atoms with Gasteiger partial charge in [-0.2, -0.15) is 0 Å². The van der Waals surface area contributed by atoms with E-state index in [1.807, 2.05) is 50.2 Å². The van der Waals surface area contributed by atoms with Crippen molar-refractivity contribution in [2.75, 3.05) is 0 Å². The summed E-state index contributed by atoms with van der Waals surface area (Å²) >= 11 is 0. The van der Waals surface area contributed by atoms with Gasteiger partial charge in [0, 0.05) is 23.7 Å². The van der Waals surface area contributed by atoms with Crippen LogP contribution in [0.5, 0.6) is 0 Å². The number of benzene rings is 2. The highest BCUT2D eigenvalue weighted by Gasteiger charge is 2.10. The fourth-order valence-corrected chi connectivity index (χ4v) is 2.59. The maximum atomic E-state index is 11.8. The maximum absolute atomic E-state index is 11.8. The highest BCUT2D eigenvalue weighted by Crippen LogP contribution is 2.07. The molecule has 6 heteroatoms. The molecule has 0 saturated carbocycles. The van der Waals surface area contributed by atoms with Gasteiger partial charge in [-0.3, -0.25) is 14.8 Å². The third-order valence-electron chi connectivity index (χ3n) is 4.04. The lowest BCUT2D eigenvalue weighted by Crippen LogP contribution is -2.22. The molecule has 0 amide bonds. The van der Waals surface area contributed by atoms with E-state index in [0.717, 1.165) is 16.7 Å². The molecule has 4 rings (SSSR count). The lowest BCUT2D eigenvalue weighted by molar-refractivity contribution is 0.901. The number of aryl methyl sites for hydroxylation is 1. The van der Waals surface area contributed by atoms with Gasteiger partial charge in [-0.05, 0) is 42.3 Å². The summed E-state index contributed by atoms with van der Waals surface area (Å²) in [5, 5.41) is 0. The molecule has 6 nitrogen and oxygen atoms in total. The van der Waals surface area contributed by atoms with Crippen molar-refractivity contribution in [2.45, 2.75) is 13.8 Å². The first kappa shape index (κ1) is 19.0. The molecule has 0 radical (unpaired) electrons. The standard InChI is InChI=1S/C22H14N4O2.C2H6/c1-26-18(23-19-20(26)24-22(28)25-21(19)27)14-13-17-11-9-16(10-12-17)8-7-15-5-3-2-4-6-15;1-2/h2-6,9-12H,1H3,(H2,24,25,27,28);1-2H3/i2T;. The van der Waals surface area contributed by atoms with Crippen molar-refractivity contribution < 1.29 is 1.37 Å². The average Bonchev–Trinajstić information content (AvgIpc) is 3.10. The Morgan fingerprint density at radius 1 is 0.867 bits per heavy atom. The van der Waals surface area contributed by atoms with Crippen LogP contribution >= 0.6 is 0 Å². The van der Waals surface area contributed by atoms with E-state index in [-0.39, 0.29) is 5.52 Å². The van der Waals surface area contributed by atoms with Gasteiger partial charge < -0.3 is 4.57 Å². The van der Waals surface area contributed by atoms with Crippen LogP contribution in [0.15, 0.2) is 64.2 Å². The summed E-state index contributed by atoms with van der Waals surface area (Å²) in [5.41, 5.74) is 1.79. The molecule has 0 spiro atoms. The minimum atomic E-state index is -0.586. The summed E-state index contributed by atoms with van der Waals surface area (Å²) in [7, 11) is 1.68. The number of hydrogen-bond donors (Lipinski definition) is 2. The topological polar surface area (TPSA) is 83.5 Å². The number of rotatable bonds is 0. The molecular weight excluding hydrogens is 376 g/mol. The fourth-order valence-electron chi connectivity index (χ4n) is 2.59. The first-order chi connectivity index (χ1) is 15.0. The number of nitrogens with one attached hydrogen (secondary N) is 2. The van der Waals surface area contributed by atoms with Crippen LogP contribution in [0.25, 0.3) is 11.2 Å². The molecule has 2 aromatic heterocycles. The van der Waals surface area contributed by atoms with Crippen LogP contribution in [0.2, 0.25) is 0 Å². The molecule has 0 saturated heterocycles. The molecule has 2 heterocycles. The second-order valence-corrected chi connectivity index (χ2v) is 5.97. The SMILES string of the molecule is CC.[3H]c1ccc(C#Cc2ccc(C#Cc3nc4c(=O)[nH]c(=O)[nH]c4n3C)cc2)cc1. The van der Waals surface area contributed by atoms with E-state index in [0.29, 0.717) is 17.5 Å². The minimum absolute atomic E-state index is 0.139. The molecule has 4 aromatic rings. The largest absolute Gasteiger partial charge is 0.327 e. The average molecular weight is 398 g/mol. The second-order valence-electron chi connectivity index (χ2n) is 5.97. The summed E-state index contributed by atoms with van der Waals surface area (Å²) in [6.07, 6.45) is 0. The predicted molar refractivity (Wildman–Crippen MR) is 118 cm³/mol. The van der Waals surface area contributed by atoms with E-state index < -0.39 is 11.2 Å². The molecule has 2 N–H and O–H groups in total. The minimum Gasteiger partial charge on any atom is -0.306 e. The van der Waals surface area contributed by atoms with Gasteiger partial charge in [0.2, 0.25) is 0 Å². The summed E-state index contributed by atoms with van der Waals surface area (Å²) in [6.45, 7) is 4.00. The zero-order valence-electron chi connectivity index (χ0n) is 17.8. The Morgan fingerprint density at radius 3 is 2.00 bits per heavy atom. The van der Waals surface area contributed by atoms with Crippen LogP contribution < -0.4 is 11.2 Å². The van der Waals surface area contributed by atoms with Gasteiger partial charge in [0.25, 0.3) is 5.56 Å². The molecule has 30 heavy (non-hydrogen) atoms. The predicted octanol–water partition coefficient (Wildman–Crippen LogP) is 2.78. The third-order valence-corrected chi connectivity index (χ3v) is 4.04. The molecular formula is C24H20N4O2. The zero-order valence-corrected chi connectivity index (χ0v) is 16.8. The summed E-state index contributed by atoms with van der Waals surface area (Å²) in [4.78, 5) is 32.2. The molecule has 0 bridgehead atoms. The smallest absolute Gasteiger partial charge is 0.306 e. The van der Waals surface area contributed by atoms with Gasteiger partial charge in [-0.1, -0.05) is 49.8 Å². The molecule has 0 atom stereocenters. The Morgan fingerprint density at radius 2 is 1.40 bits per heavy atom. The van der Waals surface area contributed by atoms with Crippen molar-refractivity contribution >= 4 is 11.2 Å². The van der Waals surface area contributed by atoms with E-state index in [4.69, 9.17) is 1.37 Å². The lowest BCUT2D eigenvalue weighted by Gasteiger charge is -1.94. The van der Waals surface area contributed by atoms with Crippen LogP contribution in [-0.2, 0) is 7.05 Å². The van der Waals surface area contributed by atoms with Gasteiger partial charge in [-0.25, -0.2) is 9.78 Å². The summed E-state index contributed by atoms with van der Waals surface area (Å²) in [5.74, 6) is 12.4. The van der Waals surface area contributed by atoms with Crippen LogP contribution in [0.4, 0.5) is 0 Å². The zero-order chi connectivity index (χ0) is 22.4. The fraction of sp³-hybridized carbons (Fsp3) is 0.125. The molecule has 0 aliphatic carbocycles. The third kappa shape index (κ3) is 4.57. The first-order valence-electron chi connectivity index (χ1n) is 9.89. The Hall–Kier alpha value is -4.29. The number of nitrogens with zero attached hydrogens (tertiary/aromatic N) is 2. The van der Waals surface area contributed by atoms with Crippen molar-refractivity contribution in [3.8, 4) is 23.7 Å². The highest BCUT2D eigenvalue weighted by atomic mass is 16.2. The second kappa shape index (κ2) is 9.27. The lowest BCUT2D eigenvalue weighted by atomic mass is 10.1. The van der Waals surface area contributed by atoms with Gasteiger partial charge in [0.15, 0.2) is 11.3 Å². The highest BCUT2D eigenvalue weighted by molar-refractivity contribution is 5.70. The van der Waals surface area contributed by atoms with E-state index >= 15 is 0 Å². The first-order valence-corrected chi connectivity index (χ1v) is 9.39. The van der Waals surface area contributed by atoms with E-state index in [9.17, 15) is 9.59 Å². The molecule has 0 unspecified atom stereocenters. The number of hydrogen-bond acceptors (Lipinski definition) is 3. The number of aromatic amines is 2. The molecule has 0 fully saturated rings. The van der Waals surface area contributed by atoms with Gasteiger partial charge in [0.1, 0.15) is 5.65 Å². The normalized spacial score (nSPS) is 10.0. The summed E-state index contributed by atoms with van der Waals surface area (Å²) in [6, 6.07) is 14.9. The Bertz CT molecular complexity index is 1450. The van der Waals surface area contributed by atoms with E-state index in [2.05, 4.69) is 38.6 Å². The van der Waals surface area contributed by atoms with Crippen LogP contribution in [0, 0.1) is 23.7 Å². The Labute approximate surface area is 175 Å². The van der Waals surface area contributed by atoms with Crippen molar-refractivity contribution in [3.63, 3.8) is 0 Å². The number of imidazole rings is 1. The van der Waals surface area contributed by atoms with Crippen molar-refractivity contribution in [1.29, 1.82) is 0 Å². The van der Waals surface area contributed by atoms with Gasteiger partial charge in [0.05, 0.1) is 1.37 Å². The van der Waals surface area contributed by atoms with Crippen molar-refractivity contribution in [2.24, 2.45) is 7.05 Å². The van der Waals surface area contributed by atoms with Crippen molar-refractivity contribution in [3.05, 3.63) is 97.9 Å². The molecule has 148 valence electrons. The number of aromatic nitrogens is 4.